The molecule has 0 N–H and O–H groups in total. The molecule has 0 saturated heterocycles. The monoisotopic (exact) mass is 490 g/mol. The highest BCUT2D eigenvalue weighted by Gasteiger charge is 2.16. The average molecular weight is 491 g/mol. The molecule has 0 radical (unpaired) electrons. The van der Waals surface area contributed by atoms with Crippen molar-refractivity contribution in [2.45, 2.75) is 24.8 Å². The molecule has 0 fully saturated rings. The molecule has 4 rings (SSSR count). The summed E-state index contributed by atoms with van der Waals surface area (Å²) in [4.78, 5) is 16.9. The predicted molar refractivity (Wildman–Crippen MR) is 128 cm³/mol. The Kier molecular flexibility index (Phi) is 7.08. The van der Waals surface area contributed by atoms with Gasteiger partial charge in [-0.25, -0.2) is 8.42 Å². The molecule has 4 aromatic rings. The van der Waals surface area contributed by atoms with Gasteiger partial charge in [0, 0.05) is 23.4 Å². The van der Waals surface area contributed by atoms with Crippen LogP contribution in [-0.4, -0.2) is 35.5 Å². The normalized spacial score (nSPS) is 11.2. The zero-order valence-corrected chi connectivity index (χ0v) is 19.7. The van der Waals surface area contributed by atoms with Crippen molar-refractivity contribution in [1.82, 2.24) is 14.7 Å². The molecule has 2 aromatic heterocycles. The van der Waals surface area contributed by atoms with Crippen molar-refractivity contribution in [1.29, 1.82) is 5.26 Å². The molecule has 0 unspecified atom stereocenters. The van der Waals surface area contributed by atoms with E-state index in [0.717, 1.165) is 17.7 Å². The predicted octanol–water partition coefficient (Wildman–Crippen LogP) is 3.70. The van der Waals surface area contributed by atoms with Crippen LogP contribution in [0, 0.1) is 11.3 Å². The number of hydrogen-bond acceptors (Lipinski definition) is 8. The molecule has 0 bridgehead atoms. The first-order chi connectivity index (χ1) is 16.9. The Morgan fingerprint density at radius 3 is 2.60 bits per heavy atom. The zero-order chi connectivity index (χ0) is 24.8. The molecule has 2 heterocycles. The molecule has 9 nitrogen and oxygen atoms in total. The van der Waals surface area contributed by atoms with Crippen LogP contribution < -0.4 is 10.3 Å². The molecule has 0 spiro atoms. The fourth-order valence-electron chi connectivity index (χ4n) is 3.37. The number of benzene rings is 2. The zero-order valence-electron chi connectivity index (χ0n) is 18.9. The number of sulfone groups is 1. The van der Waals surface area contributed by atoms with Crippen molar-refractivity contribution >= 4 is 9.84 Å². The van der Waals surface area contributed by atoms with Gasteiger partial charge in [0.1, 0.15) is 11.5 Å². The van der Waals surface area contributed by atoms with Gasteiger partial charge >= 0.3 is 0 Å². The number of aromatic nitrogens is 3. The van der Waals surface area contributed by atoms with Crippen LogP contribution in [0.5, 0.6) is 5.75 Å². The van der Waals surface area contributed by atoms with Gasteiger partial charge in [0.05, 0.1) is 24.1 Å². The topological polar surface area (TPSA) is 128 Å². The Hall–Kier alpha value is -4.23. The van der Waals surface area contributed by atoms with E-state index in [1.807, 2.05) is 31.2 Å². The second-order valence-corrected chi connectivity index (χ2v) is 9.73. The van der Waals surface area contributed by atoms with Gasteiger partial charge in [0.25, 0.3) is 11.4 Å². The molecule has 10 heteroatoms. The highest BCUT2D eigenvalue weighted by atomic mass is 32.2. The molecular weight excluding hydrogens is 468 g/mol. The smallest absolute Gasteiger partial charge is 0.258 e. The SMILES string of the molecule is CCCOc1cccc(Cn2cc(-c3noc(-c4ccc(S(=O)(=O)CC#N)cc4)n3)ccc2=O)c1. The Labute approximate surface area is 202 Å². The van der Waals surface area contributed by atoms with Crippen LogP contribution in [-0.2, 0) is 16.4 Å². The maximum Gasteiger partial charge on any atom is 0.258 e. The van der Waals surface area contributed by atoms with Gasteiger partial charge in [-0.05, 0) is 54.4 Å². The summed E-state index contributed by atoms with van der Waals surface area (Å²) in [6, 6.07) is 18.2. The minimum absolute atomic E-state index is 0.0405. The van der Waals surface area contributed by atoms with Crippen LogP contribution >= 0.6 is 0 Å². The fourth-order valence-corrected chi connectivity index (χ4v) is 4.26. The lowest BCUT2D eigenvalue weighted by molar-refractivity contribution is 0.317. The fraction of sp³-hybridized carbons (Fsp3) is 0.200. The lowest BCUT2D eigenvalue weighted by Crippen LogP contribution is -2.19. The number of nitrogens with zero attached hydrogens (tertiary/aromatic N) is 4. The van der Waals surface area contributed by atoms with Crippen molar-refractivity contribution in [3.05, 3.63) is 82.8 Å². The summed E-state index contributed by atoms with van der Waals surface area (Å²) >= 11 is 0. The molecule has 0 aliphatic carbocycles. The van der Waals surface area contributed by atoms with Crippen LogP contribution in [0.4, 0.5) is 0 Å². The standard InChI is InChI=1S/C25H22N4O5S/c1-2-13-33-21-5-3-4-18(15-21)16-29-17-20(8-11-23(29)30)24-27-25(34-28-24)19-6-9-22(10-7-19)35(31,32)14-12-26/h3-11,15,17H,2,13-14,16H2,1H3. The largest absolute Gasteiger partial charge is 0.494 e. The molecule has 0 saturated carbocycles. The third-order valence-corrected chi connectivity index (χ3v) is 6.61. The van der Waals surface area contributed by atoms with E-state index in [1.165, 1.54) is 30.3 Å². The van der Waals surface area contributed by atoms with E-state index in [4.69, 9.17) is 14.5 Å². The van der Waals surface area contributed by atoms with Gasteiger partial charge in [0.2, 0.25) is 5.82 Å². The molecule has 0 aliphatic rings. The third-order valence-electron chi connectivity index (χ3n) is 5.11. The maximum absolute atomic E-state index is 12.4. The average Bonchev–Trinajstić information content (AvgIpc) is 3.35. The molecule has 0 amide bonds. The van der Waals surface area contributed by atoms with Gasteiger partial charge in [-0.15, -0.1) is 0 Å². The van der Waals surface area contributed by atoms with E-state index >= 15 is 0 Å². The van der Waals surface area contributed by atoms with Crippen molar-refractivity contribution < 1.29 is 17.7 Å². The number of nitriles is 1. The van der Waals surface area contributed by atoms with Crippen molar-refractivity contribution in [3.8, 4) is 34.7 Å². The van der Waals surface area contributed by atoms with Gasteiger partial charge < -0.3 is 13.8 Å². The Morgan fingerprint density at radius 1 is 1.09 bits per heavy atom. The lowest BCUT2D eigenvalue weighted by Gasteiger charge is -2.09. The van der Waals surface area contributed by atoms with E-state index in [-0.39, 0.29) is 22.2 Å². The van der Waals surface area contributed by atoms with E-state index < -0.39 is 15.6 Å². The quantitative estimate of drug-likeness (QED) is 0.347. The highest BCUT2D eigenvalue weighted by Crippen LogP contribution is 2.24. The first kappa shape index (κ1) is 23.9. The maximum atomic E-state index is 12.4. The van der Waals surface area contributed by atoms with Crippen molar-refractivity contribution in [2.24, 2.45) is 0 Å². The second kappa shape index (κ2) is 10.4. The highest BCUT2D eigenvalue weighted by molar-refractivity contribution is 7.91. The molecule has 35 heavy (non-hydrogen) atoms. The van der Waals surface area contributed by atoms with Gasteiger partial charge in [-0.3, -0.25) is 4.79 Å². The van der Waals surface area contributed by atoms with Crippen molar-refractivity contribution in [3.63, 3.8) is 0 Å². The number of rotatable bonds is 9. The summed E-state index contributed by atoms with van der Waals surface area (Å²) in [7, 11) is -3.66. The number of ether oxygens (including phenoxy) is 1. The summed E-state index contributed by atoms with van der Waals surface area (Å²) in [5.74, 6) is 0.642. The van der Waals surface area contributed by atoms with Crippen LogP contribution in [0.15, 0.2) is 81.1 Å². The minimum atomic E-state index is -3.66. The van der Waals surface area contributed by atoms with E-state index in [2.05, 4.69) is 10.1 Å². The third kappa shape index (κ3) is 5.65. The molecule has 0 aliphatic heterocycles. The summed E-state index contributed by atoms with van der Waals surface area (Å²) in [6.07, 6.45) is 2.57. The molecule has 0 atom stereocenters. The first-order valence-electron chi connectivity index (χ1n) is 10.9. The Balaban J connectivity index is 1.56. The summed E-state index contributed by atoms with van der Waals surface area (Å²) in [5, 5.41) is 12.7. The van der Waals surface area contributed by atoms with E-state index in [0.29, 0.717) is 24.3 Å². The molecule has 2 aromatic carbocycles. The minimum Gasteiger partial charge on any atom is -0.494 e. The second-order valence-electron chi connectivity index (χ2n) is 7.74. The summed E-state index contributed by atoms with van der Waals surface area (Å²) in [6.45, 7) is 3.01. The van der Waals surface area contributed by atoms with Crippen LogP contribution in [0.3, 0.4) is 0 Å². The van der Waals surface area contributed by atoms with E-state index in [9.17, 15) is 13.2 Å². The van der Waals surface area contributed by atoms with Gasteiger partial charge in [0.15, 0.2) is 9.84 Å². The summed E-state index contributed by atoms with van der Waals surface area (Å²) < 4.78 is 36.6. The van der Waals surface area contributed by atoms with Crippen molar-refractivity contribution in [2.75, 3.05) is 12.4 Å². The van der Waals surface area contributed by atoms with Crippen LogP contribution in [0.25, 0.3) is 22.8 Å². The van der Waals surface area contributed by atoms with Crippen LogP contribution in [0.1, 0.15) is 18.9 Å². The number of pyridine rings is 1. The lowest BCUT2D eigenvalue weighted by atomic mass is 10.2. The molecular formula is C25H22N4O5S. The van der Waals surface area contributed by atoms with Gasteiger partial charge in [-0.1, -0.05) is 24.2 Å². The first-order valence-corrected chi connectivity index (χ1v) is 12.5. The molecule has 178 valence electrons. The Morgan fingerprint density at radius 2 is 1.86 bits per heavy atom. The van der Waals surface area contributed by atoms with Gasteiger partial charge in [-0.2, -0.15) is 10.2 Å². The number of hydrogen-bond donors (Lipinski definition) is 0. The Bertz CT molecular complexity index is 1530. The van der Waals surface area contributed by atoms with E-state index in [1.54, 1.807) is 22.9 Å². The van der Waals surface area contributed by atoms with Crippen LogP contribution in [0.2, 0.25) is 0 Å². The summed E-state index contributed by atoms with van der Waals surface area (Å²) in [5.41, 5.74) is 1.85.